The molecule has 17 heavy (non-hydrogen) atoms. The number of hydrogen-bond donors (Lipinski definition) is 2. The van der Waals surface area contributed by atoms with E-state index in [2.05, 4.69) is 0 Å². The van der Waals surface area contributed by atoms with Crippen LogP contribution in [-0.4, -0.2) is 24.1 Å². The van der Waals surface area contributed by atoms with Crippen LogP contribution in [0.25, 0.3) is 0 Å². The Labute approximate surface area is 101 Å². The van der Waals surface area contributed by atoms with Gasteiger partial charge in [-0.3, -0.25) is 4.79 Å². The highest BCUT2D eigenvalue weighted by molar-refractivity contribution is 6.01. The molecule has 0 fully saturated rings. The van der Waals surface area contributed by atoms with Gasteiger partial charge in [0.15, 0.2) is 0 Å². The Kier molecular flexibility index (Phi) is 3.45. The van der Waals surface area contributed by atoms with Gasteiger partial charge in [0.25, 0.3) is 0 Å². The third kappa shape index (κ3) is 2.33. The number of anilines is 1. The maximum atomic E-state index is 11.8. The van der Waals surface area contributed by atoms with Crippen molar-refractivity contribution in [3.8, 4) is 0 Å². The van der Waals surface area contributed by atoms with E-state index in [4.69, 9.17) is 5.73 Å². The molecule has 0 saturated carbocycles. The Hall–Kier alpha value is -1.39. The summed E-state index contributed by atoms with van der Waals surface area (Å²) in [6.07, 6.45) is 0.748. The van der Waals surface area contributed by atoms with Crippen LogP contribution < -0.4 is 10.6 Å². The molecule has 1 aromatic carbocycles. The summed E-state index contributed by atoms with van der Waals surface area (Å²) < 4.78 is 0. The highest BCUT2D eigenvalue weighted by atomic mass is 16.3. The Morgan fingerprint density at radius 3 is 2.94 bits per heavy atom. The van der Waals surface area contributed by atoms with E-state index in [1.807, 2.05) is 18.2 Å². The van der Waals surface area contributed by atoms with E-state index in [1.165, 1.54) is 0 Å². The van der Waals surface area contributed by atoms with Crippen molar-refractivity contribution in [1.82, 2.24) is 0 Å². The second kappa shape index (κ2) is 4.85. The number of aliphatic hydroxyl groups excluding tert-OH is 1. The van der Waals surface area contributed by atoms with Crippen molar-refractivity contribution in [2.75, 3.05) is 18.0 Å². The SMILES string of the molecule is CC(O)c1ccc2c(c1)CC(=O)N2CCCN. The smallest absolute Gasteiger partial charge is 0.231 e. The number of hydrogen-bond acceptors (Lipinski definition) is 3. The molecule has 0 aromatic heterocycles. The van der Waals surface area contributed by atoms with Crippen molar-refractivity contribution in [1.29, 1.82) is 0 Å². The zero-order valence-corrected chi connectivity index (χ0v) is 10.0. The first-order chi connectivity index (χ1) is 8.13. The molecule has 4 heteroatoms. The third-order valence-corrected chi connectivity index (χ3v) is 3.11. The summed E-state index contributed by atoms with van der Waals surface area (Å²) in [7, 11) is 0. The van der Waals surface area contributed by atoms with Crippen molar-refractivity contribution >= 4 is 11.6 Å². The fourth-order valence-electron chi connectivity index (χ4n) is 2.16. The molecule has 0 radical (unpaired) electrons. The molecule has 2 rings (SSSR count). The fraction of sp³-hybridized carbons (Fsp3) is 0.462. The van der Waals surface area contributed by atoms with Crippen molar-refractivity contribution in [2.24, 2.45) is 5.73 Å². The van der Waals surface area contributed by atoms with E-state index in [-0.39, 0.29) is 5.91 Å². The summed E-state index contributed by atoms with van der Waals surface area (Å²) in [5.41, 5.74) is 8.29. The second-order valence-corrected chi connectivity index (χ2v) is 4.43. The molecule has 1 atom stereocenters. The van der Waals surface area contributed by atoms with Crippen LogP contribution in [0.2, 0.25) is 0 Å². The molecule has 3 N–H and O–H groups in total. The number of carbonyl (C=O) groups excluding carboxylic acids is 1. The van der Waals surface area contributed by atoms with E-state index in [0.29, 0.717) is 19.5 Å². The minimum atomic E-state index is -0.492. The van der Waals surface area contributed by atoms with E-state index in [1.54, 1.807) is 11.8 Å². The van der Waals surface area contributed by atoms with Gasteiger partial charge in [0.05, 0.1) is 12.5 Å². The van der Waals surface area contributed by atoms with Gasteiger partial charge in [0.2, 0.25) is 5.91 Å². The average Bonchev–Trinajstić information content (AvgIpc) is 2.61. The lowest BCUT2D eigenvalue weighted by molar-refractivity contribution is -0.117. The van der Waals surface area contributed by atoms with Crippen LogP contribution >= 0.6 is 0 Å². The number of rotatable bonds is 4. The van der Waals surface area contributed by atoms with Crippen LogP contribution in [0.3, 0.4) is 0 Å². The van der Waals surface area contributed by atoms with Gasteiger partial charge in [-0.2, -0.15) is 0 Å². The van der Waals surface area contributed by atoms with Gasteiger partial charge < -0.3 is 15.7 Å². The number of fused-ring (bicyclic) bond motifs is 1. The monoisotopic (exact) mass is 234 g/mol. The first-order valence-corrected chi connectivity index (χ1v) is 5.95. The van der Waals surface area contributed by atoms with Gasteiger partial charge >= 0.3 is 0 Å². The summed E-state index contributed by atoms with van der Waals surface area (Å²) in [5, 5.41) is 9.51. The number of nitrogens with two attached hydrogens (primary N) is 1. The fourth-order valence-corrected chi connectivity index (χ4v) is 2.16. The van der Waals surface area contributed by atoms with Crippen molar-refractivity contribution in [3.63, 3.8) is 0 Å². The minimum absolute atomic E-state index is 0.121. The van der Waals surface area contributed by atoms with Gasteiger partial charge in [0.1, 0.15) is 0 Å². The minimum Gasteiger partial charge on any atom is -0.389 e. The Balaban J connectivity index is 2.25. The van der Waals surface area contributed by atoms with Crippen LogP contribution in [0.1, 0.15) is 30.6 Å². The van der Waals surface area contributed by atoms with Crippen molar-refractivity contribution < 1.29 is 9.90 Å². The molecule has 92 valence electrons. The molecule has 1 aliphatic rings. The van der Waals surface area contributed by atoms with Crippen LogP contribution in [0.4, 0.5) is 5.69 Å². The van der Waals surface area contributed by atoms with E-state index in [9.17, 15) is 9.90 Å². The highest BCUT2D eigenvalue weighted by Gasteiger charge is 2.26. The Morgan fingerprint density at radius 2 is 2.29 bits per heavy atom. The maximum absolute atomic E-state index is 11.8. The largest absolute Gasteiger partial charge is 0.389 e. The van der Waals surface area contributed by atoms with E-state index >= 15 is 0 Å². The van der Waals surface area contributed by atoms with E-state index < -0.39 is 6.10 Å². The standard InChI is InChI=1S/C13H18N2O2/c1-9(16)10-3-4-12-11(7-10)8-13(17)15(12)6-2-5-14/h3-4,7,9,16H,2,5-6,8,14H2,1H3. The molecule has 0 aliphatic carbocycles. The summed E-state index contributed by atoms with van der Waals surface area (Å²) >= 11 is 0. The third-order valence-electron chi connectivity index (χ3n) is 3.11. The molecule has 1 heterocycles. The zero-order valence-electron chi connectivity index (χ0n) is 10.0. The predicted molar refractivity (Wildman–Crippen MR) is 66.8 cm³/mol. The van der Waals surface area contributed by atoms with Gasteiger partial charge in [-0.15, -0.1) is 0 Å². The predicted octanol–water partition coefficient (Wildman–Crippen LogP) is 0.978. The van der Waals surface area contributed by atoms with Gasteiger partial charge in [-0.1, -0.05) is 12.1 Å². The molecule has 1 aliphatic heterocycles. The average molecular weight is 234 g/mol. The van der Waals surface area contributed by atoms with Crippen molar-refractivity contribution in [2.45, 2.75) is 25.9 Å². The lowest BCUT2D eigenvalue weighted by Gasteiger charge is -2.17. The topological polar surface area (TPSA) is 66.6 Å². The zero-order chi connectivity index (χ0) is 12.4. The molecule has 0 bridgehead atoms. The number of carbonyl (C=O) groups is 1. The Bertz CT molecular complexity index is 429. The number of nitrogens with zero attached hydrogens (tertiary/aromatic N) is 1. The quantitative estimate of drug-likeness (QED) is 0.816. The Morgan fingerprint density at radius 1 is 1.53 bits per heavy atom. The lowest BCUT2D eigenvalue weighted by atomic mass is 10.1. The molecular formula is C13H18N2O2. The van der Waals surface area contributed by atoms with Crippen molar-refractivity contribution in [3.05, 3.63) is 29.3 Å². The summed E-state index contributed by atoms with van der Waals surface area (Å²) in [6.45, 7) is 2.99. The molecule has 1 unspecified atom stereocenters. The molecule has 4 nitrogen and oxygen atoms in total. The van der Waals surface area contributed by atoms with Gasteiger partial charge in [-0.05, 0) is 37.1 Å². The van der Waals surface area contributed by atoms with Gasteiger partial charge in [-0.25, -0.2) is 0 Å². The maximum Gasteiger partial charge on any atom is 0.231 e. The number of aliphatic hydroxyl groups is 1. The summed E-state index contributed by atoms with van der Waals surface area (Å²) in [6, 6.07) is 5.71. The second-order valence-electron chi connectivity index (χ2n) is 4.43. The number of benzene rings is 1. The highest BCUT2D eigenvalue weighted by Crippen LogP contribution is 2.31. The van der Waals surface area contributed by atoms with Crippen LogP contribution in [0, 0.1) is 0 Å². The summed E-state index contributed by atoms with van der Waals surface area (Å²) in [4.78, 5) is 13.6. The molecule has 0 spiro atoms. The first-order valence-electron chi connectivity index (χ1n) is 5.95. The first kappa shape index (κ1) is 12.1. The van der Waals surface area contributed by atoms with Crippen LogP contribution in [0.15, 0.2) is 18.2 Å². The number of amides is 1. The molecular weight excluding hydrogens is 216 g/mol. The lowest BCUT2D eigenvalue weighted by Crippen LogP contribution is -2.29. The van der Waals surface area contributed by atoms with Crippen LogP contribution in [0.5, 0.6) is 0 Å². The van der Waals surface area contributed by atoms with Gasteiger partial charge in [0, 0.05) is 12.2 Å². The molecule has 1 amide bonds. The van der Waals surface area contributed by atoms with Crippen LogP contribution in [-0.2, 0) is 11.2 Å². The summed E-state index contributed by atoms with van der Waals surface area (Å²) in [5.74, 6) is 0.121. The molecule has 1 aromatic rings. The van der Waals surface area contributed by atoms with E-state index in [0.717, 1.165) is 23.2 Å². The normalized spacial score (nSPS) is 16.2. The molecule has 0 saturated heterocycles.